The average molecular weight is 323 g/mol. The maximum absolute atomic E-state index is 12.7. The summed E-state index contributed by atoms with van der Waals surface area (Å²) < 4.78 is 10.2. The number of nitro benzene ring substituents is 1. The summed E-state index contributed by atoms with van der Waals surface area (Å²) in [6, 6.07) is 2.59. The third-order valence-electron chi connectivity index (χ3n) is 4.16. The van der Waals surface area contributed by atoms with Gasteiger partial charge in [-0.25, -0.2) is 0 Å². The number of carbonyl (C=O) groups excluding carboxylic acids is 1. The van der Waals surface area contributed by atoms with Crippen LogP contribution < -0.4 is 15.2 Å². The predicted molar refractivity (Wildman–Crippen MR) is 83.9 cm³/mol. The smallest absolute Gasteiger partial charge is 0.286 e. The van der Waals surface area contributed by atoms with Gasteiger partial charge in [0.2, 0.25) is 0 Å². The van der Waals surface area contributed by atoms with E-state index in [9.17, 15) is 14.9 Å². The SMILES string of the molecule is COc1cc(C(=O)N2CCC(CN)CC2)c([N+](=O)[O-])cc1OC. The van der Waals surface area contributed by atoms with Crippen LogP contribution in [0.15, 0.2) is 12.1 Å². The summed E-state index contributed by atoms with van der Waals surface area (Å²) in [7, 11) is 2.81. The van der Waals surface area contributed by atoms with Crippen molar-refractivity contribution in [3.8, 4) is 11.5 Å². The van der Waals surface area contributed by atoms with Crippen molar-refractivity contribution in [1.82, 2.24) is 4.90 Å². The van der Waals surface area contributed by atoms with Crippen LogP contribution in [0.5, 0.6) is 11.5 Å². The molecule has 8 heteroatoms. The molecule has 0 spiro atoms. The maximum Gasteiger partial charge on any atom is 0.286 e. The Morgan fingerprint density at radius 3 is 2.35 bits per heavy atom. The van der Waals surface area contributed by atoms with Gasteiger partial charge in [0, 0.05) is 19.2 Å². The van der Waals surface area contributed by atoms with E-state index < -0.39 is 4.92 Å². The Kier molecular flexibility index (Phi) is 5.38. The highest BCUT2D eigenvalue weighted by atomic mass is 16.6. The normalized spacial score (nSPS) is 15.3. The summed E-state index contributed by atoms with van der Waals surface area (Å²) in [5.74, 6) is 0.545. The van der Waals surface area contributed by atoms with Gasteiger partial charge in [0.25, 0.3) is 11.6 Å². The van der Waals surface area contributed by atoms with Gasteiger partial charge in [0.15, 0.2) is 11.5 Å². The summed E-state index contributed by atoms with van der Waals surface area (Å²) in [4.78, 5) is 25.0. The topological polar surface area (TPSA) is 108 Å². The number of nitro groups is 1. The van der Waals surface area contributed by atoms with E-state index >= 15 is 0 Å². The quantitative estimate of drug-likeness (QED) is 0.648. The molecule has 1 aliphatic heterocycles. The minimum atomic E-state index is -0.582. The highest BCUT2D eigenvalue weighted by Gasteiger charge is 2.30. The fourth-order valence-corrected chi connectivity index (χ4v) is 2.73. The molecular formula is C15H21N3O5. The maximum atomic E-state index is 12.7. The second-order valence-corrected chi connectivity index (χ2v) is 5.45. The van der Waals surface area contributed by atoms with E-state index in [-0.39, 0.29) is 22.9 Å². The van der Waals surface area contributed by atoms with E-state index in [0.717, 1.165) is 12.8 Å². The lowest BCUT2D eigenvalue weighted by atomic mass is 9.96. The molecule has 1 aromatic carbocycles. The van der Waals surface area contributed by atoms with Crippen molar-refractivity contribution in [3.63, 3.8) is 0 Å². The van der Waals surface area contributed by atoms with E-state index in [1.165, 1.54) is 26.4 Å². The first-order valence-corrected chi connectivity index (χ1v) is 7.41. The fraction of sp³-hybridized carbons (Fsp3) is 0.533. The summed E-state index contributed by atoms with van der Waals surface area (Å²) in [5.41, 5.74) is 5.38. The van der Waals surface area contributed by atoms with E-state index in [1.54, 1.807) is 4.90 Å². The molecule has 0 atom stereocenters. The highest BCUT2D eigenvalue weighted by molar-refractivity contribution is 5.99. The number of hydrogen-bond acceptors (Lipinski definition) is 6. The largest absolute Gasteiger partial charge is 0.493 e. The zero-order valence-corrected chi connectivity index (χ0v) is 13.3. The molecule has 0 bridgehead atoms. The third-order valence-corrected chi connectivity index (χ3v) is 4.16. The van der Waals surface area contributed by atoms with Crippen LogP contribution in [0.3, 0.4) is 0 Å². The number of rotatable bonds is 5. The minimum Gasteiger partial charge on any atom is -0.493 e. The van der Waals surface area contributed by atoms with Crippen molar-refractivity contribution < 1.29 is 19.2 Å². The molecule has 0 saturated carbocycles. The molecule has 1 aliphatic rings. The third kappa shape index (κ3) is 3.53. The van der Waals surface area contributed by atoms with Crippen LogP contribution in [-0.4, -0.2) is 49.6 Å². The van der Waals surface area contributed by atoms with Gasteiger partial charge < -0.3 is 20.1 Å². The molecule has 8 nitrogen and oxygen atoms in total. The van der Waals surface area contributed by atoms with Crippen molar-refractivity contribution in [2.45, 2.75) is 12.8 Å². The minimum absolute atomic E-state index is 0.0128. The number of ether oxygens (including phenoxy) is 2. The first-order valence-electron chi connectivity index (χ1n) is 7.41. The Morgan fingerprint density at radius 2 is 1.87 bits per heavy atom. The predicted octanol–water partition coefficient (Wildman–Crippen LogP) is 1.42. The molecule has 1 aromatic rings. The molecular weight excluding hydrogens is 302 g/mol. The summed E-state index contributed by atoms with van der Waals surface area (Å²) in [6.07, 6.45) is 1.62. The van der Waals surface area contributed by atoms with Crippen molar-refractivity contribution in [2.24, 2.45) is 11.7 Å². The van der Waals surface area contributed by atoms with Gasteiger partial charge in [0.05, 0.1) is 25.2 Å². The highest BCUT2D eigenvalue weighted by Crippen LogP contribution is 2.35. The molecule has 1 saturated heterocycles. The standard InChI is InChI=1S/C15H21N3O5/c1-22-13-7-11(12(18(20)21)8-14(13)23-2)15(19)17-5-3-10(9-16)4-6-17/h7-8,10H,3-6,9,16H2,1-2H3. The second-order valence-electron chi connectivity index (χ2n) is 5.45. The molecule has 126 valence electrons. The zero-order chi connectivity index (χ0) is 17.0. The molecule has 23 heavy (non-hydrogen) atoms. The fourth-order valence-electron chi connectivity index (χ4n) is 2.73. The molecule has 0 radical (unpaired) electrons. The Balaban J connectivity index is 2.33. The molecule has 2 rings (SSSR count). The molecule has 1 amide bonds. The van der Waals surface area contributed by atoms with Gasteiger partial charge in [0.1, 0.15) is 5.56 Å². The second kappa shape index (κ2) is 7.28. The molecule has 1 fully saturated rings. The van der Waals surface area contributed by atoms with Crippen LogP contribution in [-0.2, 0) is 0 Å². The van der Waals surface area contributed by atoms with Gasteiger partial charge in [-0.05, 0) is 25.3 Å². The Labute approximate surface area is 134 Å². The van der Waals surface area contributed by atoms with Gasteiger partial charge in [-0.15, -0.1) is 0 Å². The average Bonchev–Trinajstić information content (AvgIpc) is 2.59. The Bertz CT molecular complexity index is 597. The number of piperidine rings is 1. The van der Waals surface area contributed by atoms with E-state index in [4.69, 9.17) is 15.2 Å². The van der Waals surface area contributed by atoms with Crippen LogP contribution in [0.25, 0.3) is 0 Å². The Morgan fingerprint density at radius 1 is 1.30 bits per heavy atom. The number of benzene rings is 1. The van der Waals surface area contributed by atoms with Crippen molar-refractivity contribution in [1.29, 1.82) is 0 Å². The van der Waals surface area contributed by atoms with Gasteiger partial charge in [-0.1, -0.05) is 0 Å². The van der Waals surface area contributed by atoms with E-state index in [2.05, 4.69) is 0 Å². The number of carbonyl (C=O) groups is 1. The number of nitrogens with zero attached hydrogens (tertiary/aromatic N) is 2. The van der Waals surface area contributed by atoms with Gasteiger partial charge >= 0.3 is 0 Å². The number of hydrogen-bond donors (Lipinski definition) is 1. The van der Waals surface area contributed by atoms with Crippen LogP contribution in [0, 0.1) is 16.0 Å². The summed E-state index contributed by atoms with van der Waals surface area (Å²) >= 11 is 0. The number of nitrogens with two attached hydrogens (primary N) is 1. The lowest BCUT2D eigenvalue weighted by Gasteiger charge is -2.31. The molecule has 0 aromatic heterocycles. The van der Waals surface area contributed by atoms with Gasteiger partial charge in [-0.3, -0.25) is 14.9 Å². The van der Waals surface area contributed by atoms with Crippen LogP contribution in [0.1, 0.15) is 23.2 Å². The molecule has 0 unspecified atom stereocenters. The molecule has 2 N–H and O–H groups in total. The Hall–Kier alpha value is -2.35. The lowest BCUT2D eigenvalue weighted by molar-refractivity contribution is -0.385. The van der Waals surface area contributed by atoms with Gasteiger partial charge in [-0.2, -0.15) is 0 Å². The van der Waals surface area contributed by atoms with Crippen LogP contribution in [0.4, 0.5) is 5.69 Å². The monoisotopic (exact) mass is 323 g/mol. The van der Waals surface area contributed by atoms with Crippen molar-refractivity contribution >= 4 is 11.6 Å². The summed E-state index contributed by atoms with van der Waals surface area (Å²) in [5, 5.41) is 11.3. The molecule has 0 aliphatic carbocycles. The van der Waals surface area contributed by atoms with Crippen LogP contribution in [0.2, 0.25) is 0 Å². The number of amides is 1. The van der Waals surface area contributed by atoms with Crippen molar-refractivity contribution in [2.75, 3.05) is 33.9 Å². The van der Waals surface area contributed by atoms with E-state index in [0.29, 0.717) is 31.3 Å². The zero-order valence-electron chi connectivity index (χ0n) is 13.3. The van der Waals surface area contributed by atoms with Crippen LogP contribution >= 0.6 is 0 Å². The first-order chi connectivity index (χ1) is 11.0. The van der Waals surface area contributed by atoms with E-state index in [1.807, 2.05) is 0 Å². The first kappa shape index (κ1) is 17.0. The number of likely N-dealkylation sites (tertiary alicyclic amines) is 1. The van der Waals surface area contributed by atoms with Crippen molar-refractivity contribution in [3.05, 3.63) is 27.8 Å². The molecule has 1 heterocycles. The summed E-state index contributed by atoms with van der Waals surface area (Å²) in [6.45, 7) is 1.69. The number of methoxy groups -OCH3 is 2. The lowest BCUT2D eigenvalue weighted by Crippen LogP contribution is -2.40.